The minimum absolute atomic E-state index is 0.0639. The molecule has 6 nitrogen and oxygen atoms in total. The molecule has 0 bridgehead atoms. The van der Waals surface area contributed by atoms with Crippen molar-refractivity contribution in [2.24, 2.45) is 11.8 Å². The second-order valence-electron chi connectivity index (χ2n) is 19.2. The molecule has 356 valence electrons. The lowest BCUT2D eigenvalue weighted by atomic mass is 9.99. The summed E-state index contributed by atoms with van der Waals surface area (Å²) < 4.78 is 16.8. The molecule has 0 aromatic rings. The molecule has 0 aliphatic heterocycles. The Kier molecular flexibility index (Phi) is 45.7. The average Bonchev–Trinajstić information content (AvgIpc) is 3.23. The molecule has 0 spiro atoms. The Balaban J connectivity index is 4.26. The minimum Gasteiger partial charge on any atom is -0.462 e. The van der Waals surface area contributed by atoms with E-state index < -0.39 is 6.10 Å². The molecule has 0 amide bonds. The summed E-state index contributed by atoms with van der Waals surface area (Å²) in [5.74, 6) is 0.829. The molecule has 0 N–H and O–H groups in total. The van der Waals surface area contributed by atoms with Crippen LogP contribution >= 0.6 is 0 Å². The van der Waals surface area contributed by atoms with E-state index in [-0.39, 0.29) is 31.1 Å². The number of carbonyl (C=O) groups excluding carboxylic acids is 3. The molecule has 60 heavy (non-hydrogen) atoms. The highest BCUT2D eigenvalue weighted by atomic mass is 16.6. The number of unbranched alkanes of at least 4 members (excludes halogenated alkanes) is 32. The van der Waals surface area contributed by atoms with Crippen LogP contribution in [0.15, 0.2) is 0 Å². The van der Waals surface area contributed by atoms with Crippen LogP contribution < -0.4 is 0 Å². The average molecular weight is 849 g/mol. The van der Waals surface area contributed by atoms with Crippen molar-refractivity contribution in [3.8, 4) is 0 Å². The first-order valence-electron chi connectivity index (χ1n) is 26.8. The monoisotopic (exact) mass is 849 g/mol. The van der Waals surface area contributed by atoms with E-state index in [4.69, 9.17) is 14.2 Å². The van der Waals surface area contributed by atoms with Gasteiger partial charge in [-0.15, -0.1) is 0 Å². The first-order valence-corrected chi connectivity index (χ1v) is 26.8. The maximum absolute atomic E-state index is 12.8. The molecule has 1 unspecified atom stereocenters. The number of hydrogen-bond acceptors (Lipinski definition) is 6. The van der Waals surface area contributed by atoms with Gasteiger partial charge >= 0.3 is 17.9 Å². The summed E-state index contributed by atoms with van der Waals surface area (Å²) in [6.07, 6.45) is 48.0. The first kappa shape index (κ1) is 58.4. The quantitative estimate of drug-likeness (QED) is 0.0345. The predicted molar refractivity (Wildman–Crippen MR) is 256 cm³/mol. The summed E-state index contributed by atoms with van der Waals surface area (Å²) in [6.45, 7) is 11.4. The summed E-state index contributed by atoms with van der Waals surface area (Å²) in [5.41, 5.74) is 0. The van der Waals surface area contributed by atoms with Gasteiger partial charge in [-0.2, -0.15) is 0 Å². The van der Waals surface area contributed by atoms with Crippen LogP contribution in [0.4, 0.5) is 0 Å². The maximum atomic E-state index is 12.8. The van der Waals surface area contributed by atoms with Crippen LogP contribution in [-0.4, -0.2) is 37.2 Å². The number of hydrogen-bond donors (Lipinski definition) is 0. The highest BCUT2D eigenvalue weighted by molar-refractivity contribution is 5.71. The molecule has 0 aliphatic rings. The van der Waals surface area contributed by atoms with E-state index >= 15 is 0 Å². The van der Waals surface area contributed by atoms with Crippen LogP contribution in [0, 0.1) is 11.8 Å². The summed E-state index contributed by atoms with van der Waals surface area (Å²) in [7, 11) is 0. The molecule has 0 aromatic carbocycles. The van der Waals surface area contributed by atoms with Gasteiger partial charge < -0.3 is 14.2 Å². The molecule has 0 aliphatic carbocycles. The van der Waals surface area contributed by atoms with Crippen LogP contribution in [0.25, 0.3) is 0 Å². The summed E-state index contributed by atoms with van der Waals surface area (Å²) in [5, 5.41) is 0. The SMILES string of the molecule is CCCCCCCCCCCCCCCCC(=O)O[C@H](COC(=O)CCCCCCCCCCCCCCCCC(C)CC)COC(=O)CCCCCCCCCC(C)C. The molecule has 0 radical (unpaired) electrons. The minimum atomic E-state index is -0.762. The van der Waals surface area contributed by atoms with Crippen LogP contribution in [0.1, 0.15) is 298 Å². The van der Waals surface area contributed by atoms with E-state index in [1.807, 2.05) is 0 Å². The van der Waals surface area contributed by atoms with E-state index in [9.17, 15) is 14.4 Å². The Morgan fingerprint density at radius 2 is 0.633 bits per heavy atom. The number of rotatable bonds is 48. The third-order valence-electron chi connectivity index (χ3n) is 12.6. The maximum Gasteiger partial charge on any atom is 0.306 e. The zero-order chi connectivity index (χ0) is 44.0. The van der Waals surface area contributed by atoms with Crippen molar-refractivity contribution in [3.63, 3.8) is 0 Å². The third kappa shape index (κ3) is 45.9. The van der Waals surface area contributed by atoms with Crippen molar-refractivity contribution in [1.82, 2.24) is 0 Å². The largest absolute Gasteiger partial charge is 0.462 e. The topological polar surface area (TPSA) is 78.9 Å². The Morgan fingerprint density at radius 3 is 0.950 bits per heavy atom. The second kappa shape index (κ2) is 46.9. The standard InChI is InChI=1S/C54H104O6/c1-6-8-9-10-11-12-13-14-18-22-25-30-36-41-46-54(57)60-51(48-59-53(56)45-40-35-31-26-27-32-37-42-49(3)4)47-58-52(55)44-39-34-29-24-21-19-16-15-17-20-23-28-33-38-43-50(5)7-2/h49-51H,6-48H2,1-5H3/t50?,51-/m1/s1. The fourth-order valence-electron chi connectivity index (χ4n) is 8.13. The summed E-state index contributed by atoms with van der Waals surface area (Å²) in [4.78, 5) is 37.9. The lowest BCUT2D eigenvalue weighted by Crippen LogP contribution is -2.30. The van der Waals surface area contributed by atoms with Crippen molar-refractivity contribution in [2.75, 3.05) is 13.2 Å². The zero-order valence-corrected chi connectivity index (χ0v) is 41.1. The van der Waals surface area contributed by atoms with Crippen LogP contribution in [0.3, 0.4) is 0 Å². The van der Waals surface area contributed by atoms with Crippen LogP contribution in [0.2, 0.25) is 0 Å². The van der Waals surface area contributed by atoms with Crippen LogP contribution in [-0.2, 0) is 28.6 Å². The molecule has 0 fully saturated rings. The van der Waals surface area contributed by atoms with Gasteiger partial charge in [0.25, 0.3) is 0 Å². The van der Waals surface area contributed by atoms with E-state index in [1.165, 1.54) is 186 Å². The highest BCUT2D eigenvalue weighted by Gasteiger charge is 2.19. The summed E-state index contributed by atoms with van der Waals surface area (Å²) >= 11 is 0. The van der Waals surface area contributed by atoms with Gasteiger partial charge in [0.05, 0.1) is 0 Å². The normalized spacial score (nSPS) is 12.5. The fraction of sp³-hybridized carbons (Fsp3) is 0.944. The smallest absolute Gasteiger partial charge is 0.306 e. The van der Waals surface area contributed by atoms with Gasteiger partial charge in [0.2, 0.25) is 0 Å². The molecule has 6 heteroatoms. The van der Waals surface area contributed by atoms with Crippen molar-refractivity contribution < 1.29 is 28.6 Å². The molecule has 0 saturated carbocycles. The molecular formula is C54H104O6. The Bertz CT molecular complexity index is 918. The highest BCUT2D eigenvalue weighted by Crippen LogP contribution is 2.18. The Morgan fingerprint density at radius 1 is 0.350 bits per heavy atom. The van der Waals surface area contributed by atoms with Gasteiger partial charge in [0.15, 0.2) is 6.10 Å². The molecule has 0 rings (SSSR count). The summed E-state index contributed by atoms with van der Waals surface area (Å²) in [6, 6.07) is 0. The lowest BCUT2D eigenvalue weighted by molar-refractivity contribution is -0.167. The van der Waals surface area contributed by atoms with Crippen molar-refractivity contribution >= 4 is 17.9 Å². The first-order chi connectivity index (χ1) is 29.3. The van der Waals surface area contributed by atoms with Gasteiger partial charge in [-0.25, -0.2) is 0 Å². The van der Waals surface area contributed by atoms with Gasteiger partial charge in [0.1, 0.15) is 13.2 Å². The van der Waals surface area contributed by atoms with E-state index in [0.29, 0.717) is 19.3 Å². The van der Waals surface area contributed by atoms with E-state index in [1.54, 1.807) is 0 Å². The predicted octanol–water partition coefficient (Wildman–Crippen LogP) is 17.3. The molecule has 0 saturated heterocycles. The Hall–Kier alpha value is -1.59. The number of ether oxygens (including phenoxy) is 3. The van der Waals surface area contributed by atoms with Crippen molar-refractivity contribution in [3.05, 3.63) is 0 Å². The fourth-order valence-corrected chi connectivity index (χ4v) is 8.13. The van der Waals surface area contributed by atoms with Crippen LogP contribution in [0.5, 0.6) is 0 Å². The van der Waals surface area contributed by atoms with Crippen molar-refractivity contribution in [1.29, 1.82) is 0 Å². The molecule has 2 atom stereocenters. The van der Waals surface area contributed by atoms with E-state index in [0.717, 1.165) is 69.6 Å². The van der Waals surface area contributed by atoms with Gasteiger partial charge in [0, 0.05) is 19.3 Å². The van der Waals surface area contributed by atoms with E-state index in [2.05, 4.69) is 34.6 Å². The third-order valence-corrected chi connectivity index (χ3v) is 12.6. The number of carbonyl (C=O) groups is 3. The zero-order valence-electron chi connectivity index (χ0n) is 41.1. The van der Waals surface area contributed by atoms with Gasteiger partial charge in [-0.1, -0.05) is 259 Å². The second-order valence-corrected chi connectivity index (χ2v) is 19.2. The molecule has 0 aromatic heterocycles. The van der Waals surface area contributed by atoms with Crippen molar-refractivity contribution in [2.45, 2.75) is 304 Å². The lowest BCUT2D eigenvalue weighted by Gasteiger charge is -2.18. The molecule has 0 heterocycles. The molecular weight excluding hydrogens is 745 g/mol. The number of esters is 3. The Labute approximate surface area is 374 Å². The van der Waals surface area contributed by atoms with Gasteiger partial charge in [-0.3, -0.25) is 14.4 Å². The van der Waals surface area contributed by atoms with Gasteiger partial charge in [-0.05, 0) is 31.1 Å².